The van der Waals surface area contributed by atoms with Crippen LogP contribution in [-0.2, 0) is 14.4 Å². The summed E-state index contributed by atoms with van der Waals surface area (Å²) in [6.45, 7) is 2.13. The molecule has 0 aromatic heterocycles. The third-order valence-electron chi connectivity index (χ3n) is 4.45. The van der Waals surface area contributed by atoms with Crippen molar-refractivity contribution in [1.29, 1.82) is 0 Å². The van der Waals surface area contributed by atoms with E-state index in [-0.39, 0.29) is 31.6 Å². The van der Waals surface area contributed by atoms with Crippen LogP contribution in [0.15, 0.2) is 60.8 Å². The van der Waals surface area contributed by atoms with Crippen LogP contribution in [0.5, 0.6) is 0 Å². The van der Waals surface area contributed by atoms with Gasteiger partial charge in [-0.3, -0.25) is 9.59 Å². The molecule has 0 heterocycles. The maximum atomic E-state index is 11.9. The number of carboxylic acid groups (broad SMARTS) is 2. The van der Waals surface area contributed by atoms with Crippen LogP contribution in [0, 0.1) is 0 Å². The van der Waals surface area contributed by atoms with E-state index < -0.39 is 18.0 Å². The quantitative estimate of drug-likeness (QED) is 0.174. The molecule has 0 aromatic rings. The Hall–Kier alpha value is -2.89. The molecule has 0 aromatic carbocycles. The number of hydrogen-bond acceptors (Lipinski definition) is 3. The van der Waals surface area contributed by atoms with Gasteiger partial charge < -0.3 is 15.5 Å². The first kappa shape index (κ1) is 29.1. The van der Waals surface area contributed by atoms with Crippen molar-refractivity contribution in [2.75, 3.05) is 0 Å². The number of amides is 1. The Labute approximate surface area is 192 Å². The highest BCUT2D eigenvalue weighted by Crippen LogP contribution is 2.04. The van der Waals surface area contributed by atoms with Crippen LogP contribution in [-0.4, -0.2) is 34.1 Å². The molecule has 0 bridgehead atoms. The number of allylic oxidation sites excluding steroid dienone is 10. The molecule has 0 unspecified atom stereocenters. The van der Waals surface area contributed by atoms with Gasteiger partial charge in [-0.15, -0.1) is 0 Å². The van der Waals surface area contributed by atoms with E-state index in [0.29, 0.717) is 6.42 Å². The molecule has 0 saturated carbocycles. The predicted molar refractivity (Wildman–Crippen MR) is 129 cm³/mol. The molecular formula is C26H39NO5. The van der Waals surface area contributed by atoms with Crippen LogP contribution in [0.3, 0.4) is 0 Å². The molecule has 0 spiro atoms. The highest BCUT2D eigenvalue weighted by molar-refractivity contribution is 5.83. The van der Waals surface area contributed by atoms with Crippen LogP contribution in [0.25, 0.3) is 0 Å². The van der Waals surface area contributed by atoms with Gasteiger partial charge in [0.2, 0.25) is 5.91 Å². The Morgan fingerprint density at radius 1 is 0.719 bits per heavy atom. The van der Waals surface area contributed by atoms with Crippen LogP contribution < -0.4 is 5.32 Å². The molecule has 0 rings (SSSR count). The zero-order chi connectivity index (χ0) is 23.9. The van der Waals surface area contributed by atoms with E-state index in [0.717, 1.165) is 38.5 Å². The Kier molecular flexibility index (Phi) is 19.4. The molecule has 0 radical (unpaired) electrons. The Balaban J connectivity index is 3.81. The number of unbranched alkanes of at least 4 members (excludes halogenated alkanes) is 1. The minimum atomic E-state index is -1.14. The van der Waals surface area contributed by atoms with Crippen molar-refractivity contribution in [1.82, 2.24) is 5.32 Å². The molecule has 0 aliphatic rings. The second-order valence-electron chi connectivity index (χ2n) is 7.34. The van der Waals surface area contributed by atoms with E-state index in [1.165, 1.54) is 0 Å². The second-order valence-corrected chi connectivity index (χ2v) is 7.34. The summed E-state index contributed by atoms with van der Waals surface area (Å²) < 4.78 is 0. The van der Waals surface area contributed by atoms with Gasteiger partial charge in [-0.2, -0.15) is 0 Å². The highest BCUT2D eigenvalue weighted by atomic mass is 16.4. The molecular weight excluding hydrogens is 406 g/mol. The SMILES string of the molecule is CC/C=C\C/C=C\C/C=C\C/C=C\C/C=C\CCCC(=O)N[C@H](CCCC(=O)O)C(=O)O. The van der Waals surface area contributed by atoms with Crippen LogP contribution >= 0.6 is 0 Å². The maximum absolute atomic E-state index is 11.9. The minimum Gasteiger partial charge on any atom is -0.481 e. The highest BCUT2D eigenvalue weighted by Gasteiger charge is 2.19. The number of aliphatic carboxylic acids is 2. The van der Waals surface area contributed by atoms with Crippen LogP contribution in [0.4, 0.5) is 0 Å². The Morgan fingerprint density at radius 2 is 1.22 bits per heavy atom. The minimum absolute atomic E-state index is 0.107. The van der Waals surface area contributed by atoms with E-state index in [1.54, 1.807) is 0 Å². The lowest BCUT2D eigenvalue weighted by Crippen LogP contribution is -2.40. The van der Waals surface area contributed by atoms with E-state index in [2.05, 4.69) is 66.9 Å². The standard InChI is InChI=1S/C26H39NO5/c1-2-3-4-5-6-7-8-9-10-11-12-13-14-15-16-17-18-21-24(28)27-23(26(31)32)20-19-22-25(29)30/h3-4,6-7,9-10,12-13,15-16,23H,2,5,8,11,14,17-22H2,1H3,(H,27,28)(H,29,30)(H,31,32)/b4-3-,7-6-,10-9-,13-12-,16-15-/t23-/m1/s1. The van der Waals surface area contributed by atoms with Crippen molar-refractivity contribution in [3.05, 3.63) is 60.8 Å². The van der Waals surface area contributed by atoms with Gasteiger partial charge in [0.25, 0.3) is 0 Å². The first-order valence-corrected chi connectivity index (χ1v) is 11.5. The van der Waals surface area contributed by atoms with Gasteiger partial charge in [-0.1, -0.05) is 67.7 Å². The molecule has 32 heavy (non-hydrogen) atoms. The number of rotatable bonds is 19. The largest absolute Gasteiger partial charge is 0.481 e. The van der Waals surface area contributed by atoms with Crippen molar-refractivity contribution in [3.8, 4) is 0 Å². The average Bonchev–Trinajstić information content (AvgIpc) is 2.74. The Morgan fingerprint density at radius 3 is 1.69 bits per heavy atom. The average molecular weight is 446 g/mol. The van der Waals surface area contributed by atoms with E-state index in [1.807, 2.05) is 6.08 Å². The number of nitrogens with one attached hydrogen (secondary N) is 1. The van der Waals surface area contributed by atoms with Crippen LogP contribution in [0.1, 0.15) is 77.6 Å². The number of carbonyl (C=O) groups is 3. The summed E-state index contributed by atoms with van der Waals surface area (Å²) >= 11 is 0. The van der Waals surface area contributed by atoms with Crippen molar-refractivity contribution < 1.29 is 24.6 Å². The smallest absolute Gasteiger partial charge is 0.326 e. The molecule has 0 aliphatic carbocycles. The lowest BCUT2D eigenvalue weighted by Gasteiger charge is -2.13. The van der Waals surface area contributed by atoms with Gasteiger partial charge in [0.1, 0.15) is 6.04 Å². The molecule has 6 nitrogen and oxygen atoms in total. The van der Waals surface area contributed by atoms with E-state index in [4.69, 9.17) is 10.2 Å². The summed E-state index contributed by atoms with van der Waals surface area (Å²) in [5.74, 6) is -2.43. The van der Waals surface area contributed by atoms with Crippen LogP contribution in [0.2, 0.25) is 0 Å². The summed E-state index contributed by atoms with van der Waals surface area (Å²) in [6, 6.07) is -1.03. The van der Waals surface area contributed by atoms with Crippen molar-refractivity contribution >= 4 is 17.8 Å². The van der Waals surface area contributed by atoms with Gasteiger partial charge in [0.15, 0.2) is 0 Å². The first-order valence-electron chi connectivity index (χ1n) is 11.5. The lowest BCUT2D eigenvalue weighted by molar-refractivity contribution is -0.142. The summed E-state index contributed by atoms with van der Waals surface area (Å²) in [5.41, 5.74) is 0. The molecule has 6 heteroatoms. The monoisotopic (exact) mass is 445 g/mol. The van der Waals surface area contributed by atoms with E-state index in [9.17, 15) is 14.4 Å². The lowest BCUT2D eigenvalue weighted by atomic mass is 10.1. The topological polar surface area (TPSA) is 104 Å². The zero-order valence-corrected chi connectivity index (χ0v) is 19.2. The van der Waals surface area contributed by atoms with Gasteiger partial charge in [0.05, 0.1) is 0 Å². The fourth-order valence-corrected chi connectivity index (χ4v) is 2.73. The zero-order valence-electron chi connectivity index (χ0n) is 19.2. The second kappa shape index (κ2) is 21.3. The molecule has 1 atom stereocenters. The summed E-state index contributed by atoms with van der Waals surface area (Å²) in [5, 5.41) is 20.2. The summed E-state index contributed by atoms with van der Waals surface area (Å²) in [6.07, 6.45) is 27.9. The number of carbonyl (C=O) groups excluding carboxylic acids is 1. The molecule has 0 saturated heterocycles. The molecule has 178 valence electrons. The normalized spacial score (nSPS) is 13.2. The van der Waals surface area contributed by atoms with Crippen molar-refractivity contribution in [2.24, 2.45) is 0 Å². The fraction of sp³-hybridized carbons (Fsp3) is 0.500. The van der Waals surface area contributed by atoms with E-state index >= 15 is 0 Å². The van der Waals surface area contributed by atoms with Gasteiger partial charge in [-0.05, 0) is 57.8 Å². The van der Waals surface area contributed by atoms with Gasteiger partial charge >= 0.3 is 11.9 Å². The number of hydrogen-bond donors (Lipinski definition) is 3. The predicted octanol–water partition coefficient (Wildman–Crippen LogP) is 5.73. The van der Waals surface area contributed by atoms with Crippen molar-refractivity contribution in [2.45, 2.75) is 83.6 Å². The van der Waals surface area contributed by atoms with Crippen molar-refractivity contribution in [3.63, 3.8) is 0 Å². The first-order chi connectivity index (χ1) is 15.5. The van der Waals surface area contributed by atoms with Gasteiger partial charge in [-0.25, -0.2) is 4.79 Å². The number of carboxylic acids is 2. The summed E-state index contributed by atoms with van der Waals surface area (Å²) in [4.78, 5) is 33.5. The molecule has 0 aliphatic heterocycles. The molecule has 0 fully saturated rings. The Bertz CT molecular complexity index is 674. The molecule has 1 amide bonds. The van der Waals surface area contributed by atoms with Gasteiger partial charge in [0, 0.05) is 12.8 Å². The molecule has 3 N–H and O–H groups in total. The maximum Gasteiger partial charge on any atom is 0.326 e. The fourth-order valence-electron chi connectivity index (χ4n) is 2.73. The third kappa shape index (κ3) is 20.4. The third-order valence-corrected chi connectivity index (χ3v) is 4.45. The summed E-state index contributed by atoms with van der Waals surface area (Å²) in [7, 11) is 0.